The van der Waals surface area contributed by atoms with Gasteiger partial charge in [0.2, 0.25) is 5.76 Å². The van der Waals surface area contributed by atoms with E-state index >= 15 is 0 Å². The number of carboxylic acids is 1. The van der Waals surface area contributed by atoms with E-state index < -0.39 is 5.97 Å². The highest BCUT2D eigenvalue weighted by Gasteiger charge is 2.21. The number of furan rings is 1. The number of nitrogens with one attached hydrogen (secondary N) is 1. The predicted molar refractivity (Wildman–Crippen MR) is 50.3 cm³/mol. The lowest BCUT2D eigenvalue weighted by molar-refractivity contribution is 0.0661. The van der Waals surface area contributed by atoms with E-state index in [0.29, 0.717) is 18.3 Å². The van der Waals surface area contributed by atoms with Crippen LogP contribution in [0, 0.1) is 6.92 Å². The summed E-state index contributed by atoms with van der Waals surface area (Å²) in [6.07, 6.45) is 2.45. The molecule has 1 fully saturated rings. The number of carboxylic acid groups (broad SMARTS) is 1. The molecule has 0 spiro atoms. The fraction of sp³-hybridized carbons (Fsp3) is 0.500. The maximum absolute atomic E-state index is 10.6. The molecule has 0 radical (unpaired) electrons. The topological polar surface area (TPSA) is 62.5 Å². The number of hydrogen-bond donors (Lipinski definition) is 2. The van der Waals surface area contributed by atoms with Crippen molar-refractivity contribution in [2.24, 2.45) is 0 Å². The van der Waals surface area contributed by atoms with Gasteiger partial charge in [0.1, 0.15) is 5.76 Å². The highest BCUT2D eigenvalue weighted by atomic mass is 16.4. The van der Waals surface area contributed by atoms with Gasteiger partial charge in [0, 0.05) is 18.2 Å². The summed E-state index contributed by atoms with van der Waals surface area (Å²) >= 11 is 0. The van der Waals surface area contributed by atoms with Crippen molar-refractivity contribution in [3.63, 3.8) is 0 Å². The van der Waals surface area contributed by atoms with Gasteiger partial charge in [0.05, 0.1) is 0 Å². The van der Waals surface area contributed by atoms with Crippen molar-refractivity contribution < 1.29 is 14.3 Å². The molecule has 1 saturated carbocycles. The smallest absolute Gasteiger partial charge is 0.371 e. The molecule has 2 N–H and O–H groups in total. The molecule has 4 nitrogen and oxygen atoms in total. The van der Waals surface area contributed by atoms with E-state index in [4.69, 9.17) is 9.52 Å². The third-order valence-corrected chi connectivity index (χ3v) is 2.39. The monoisotopic (exact) mass is 195 g/mol. The molecule has 0 atom stereocenters. The van der Waals surface area contributed by atoms with Crippen molar-refractivity contribution in [3.05, 3.63) is 23.2 Å². The standard InChI is InChI=1S/C10H13NO3/c1-6-7(5-11-8-2-3-8)4-9(14-6)10(12)13/h4,8,11H,2-3,5H2,1H3,(H,12,13). The minimum Gasteiger partial charge on any atom is -0.475 e. The Balaban J connectivity index is 2.03. The second-order valence-corrected chi connectivity index (χ2v) is 3.65. The molecule has 1 heterocycles. The minimum absolute atomic E-state index is 0.0232. The molecule has 4 heteroatoms. The average molecular weight is 195 g/mol. The number of aromatic carboxylic acids is 1. The molecule has 1 aliphatic carbocycles. The zero-order valence-electron chi connectivity index (χ0n) is 8.04. The molecule has 1 aliphatic rings. The number of rotatable bonds is 4. The Morgan fingerprint density at radius 1 is 1.71 bits per heavy atom. The van der Waals surface area contributed by atoms with E-state index in [1.165, 1.54) is 12.8 Å². The summed E-state index contributed by atoms with van der Waals surface area (Å²) in [7, 11) is 0. The Morgan fingerprint density at radius 2 is 2.43 bits per heavy atom. The van der Waals surface area contributed by atoms with Gasteiger partial charge in [0.25, 0.3) is 0 Å². The molecule has 0 saturated heterocycles. The number of hydrogen-bond acceptors (Lipinski definition) is 3. The van der Waals surface area contributed by atoms with E-state index in [1.807, 2.05) is 0 Å². The lowest BCUT2D eigenvalue weighted by atomic mass is 10.2. The van der Waals surface area contributed by atoms with Gasteiger partial charge in [-0.25, -0.2) is 4.79 Å². The van der Waals surface area contributed by atoms with Gasteiger partial charge in [0.15, 0.2) is 0 Å². The van der Waals surface area contributed by atoms with Crippen molar-refractivity contribution in [3.8, 4) is 0 Å². The zero-order valence-corrected chi connectivity index (χ0v) is 8.04. The Morgan fingerprint density at radius 3 is 2.93 bits per heavy atom. The lowest BCUT2D eigenvalue weighted by Gasteiger charge is -1.99. The van der Waals surface area contributed by atoms with Crippen LogP contribution in [0.5, 0.6) is 0 Å². The first kappa shape index (κ1) is 9.27. The Hall–Kier alpha value is -1.29. The molecule has 0 aromatic carbocycles. The van der Waals surface area contributed by atoms with Crippen molar-refractivity contribution in [1.82, 2.24) is 5.32 Å². The highest BCUT2D eigenvalue weighted by molar-refractivity contribution is 5.84. The van der Waals surface area contributed by atoms with E-state index in [0.717, 1.165) is 5.56 Å². The van der Waals surface area contributed by atoms with Gasteiger partial charge in [-0.2, -0.15) is 0 Å². The lowest BCUT2D eigenvalue weighted by Crippen LogP contribution is -2.15. The van der Waals surface area contributed by atoms with Crippen LogP contribution in [-0.2, 0) is 6.54 Å². The summed E-state index contributed by atoms with van der Waals surface area (Å²) in [4.78, 5) is 10.6. The molecule has 0 amide bonds. The largest absolute Gasteiger partial charge is 0.475 e. The maximum Gasteiger partial charge on any atom is 0.371 e. The van der Waals surface area contributed by atoms with E-state index in [1.54, 1.807) is 13.0 Å². The van der Waals surface area contributed by atoms with Crippen LogP contribution in [0.2, 0.25) is 0 Å². The third-order valence-electron chi connectivity index (χ3n) is 2.39. The van der Waals surface area contributed by atoms with Gasteiger partial charge in [-0.15, -0.1) is 0 Å². The Labute approximate surface area is 81.9 Å². The molecule has 1 aromatic rings. The van der Waals surface area contributed by atoms with Crippen molar-refractivity contribution in [2.75, 3.05) is 0 Å². The molecular formula is C10H13NO3. The van der Waals surface area contributed by atoms with E-state index in [2.05, 4.69) is 5.32 Å². The molecule has 76 valence electrons. The van der Waals surface area contributed by atoms with Crippen molar-refractivity contribution in [1.29, 1.82) is 0 Å². The molecule has 1 aromatic heterocycles. The van der Waals surface area contributed by atoms with Gasteiger partial charge < -0.3 is 14.8 Å². The van der Waals surface area contributed by atoms with Crippen LogP contribution in [-0.4, -0.2) is 17.1 Å². The molecule has 0 aliphatic heterocycles. The predicted octanol–water partition coefficient (Wildman–Crippen LogP) is 1.54. The fourth-order valence-electron chi connectivity index (χ4n) is 1.34. The summed E-state index contributed by atoms with van der Waals surface area (Å²) in [6, 6.07) is 2.21. The zero-order chi connectivity index (χ0) is 10.1. The van der Waals surface area contributed by atoms with Crippen molar-refractivity contribution in [2.45, 2.75) is 32.4 Å². The first-order valence-corrected chi connectivity index (χ1v) is 4.73. The van der Waals surface area contributed by atoms with Gasteiger partial charge in [-0.05, 0) is 25.8 Å². The molecule has 14 heavy (non-hydrogen) atoms. The average Bonchev–Trinajstić information content (AvgIpc) is 2.87. The Kier molecular flexibility index (Phi) is 2.29. The summed E-state index contributed by atoms with van der Waals surface area (Å²) in [5.41, 5.74) is 0.939. The van der Waals surface area contributed by atoms with Crippen LogP contribution in [0.1, 0.15) is 34.7 Å². The summed E-state index contributed by atoms with van der Waals surface area (Å²) in [5.74, 6) is -0.295. The molecule has 2 rings (SSSR count). The van der Waals surface area contributed by atoms with Gasteiger partial charge in [-0.1, -0.05) is 0 Å². The van der Waals surface area contributed by atoms with Crippen LogP contribution >= 0.6 is 0 Å². The second-order valence-electron chi connectivity index (χ2n) is 3.65. The molecular weight excluding hydrogens is 182 g/mol. The minimum atomic E-state index is -1.01. The maximum atomic E-state index is 10.6. The quantitative estimate of drug-likeness (QED) is 0.765. The first-order valence-electron chi connectivity index (χ1n) is 4.73. The van der Waals surface area contributed by atoms with E-state index in [9.17, 15) is 4.79 Å². The highest BCUT2D eigenvalue weighted by Crippen LogP contribution is 2.21. The molecule has 0 unspecified atom stereocenters. The van der Waals surface area contributed by atoms with Crippen LogP contribution in [0.15, 0.2) is 10.5 Å². The first-order chi connectivity index (χ1) is 6.66. The summed E-state index contributed by atoms with van der Waals surface area (Å²) in [5, 5.41) is 12.0. The van der Waals surface area contributed by atoms with Gasteiger partial charge in [-0.3, -0.25) is 0 Å². The Bertz CT molecular complexity index is 352. The van der Waals surface area contributed by atoms with Crippen molar-refractivity contribution >= 4 is 5.97 Å². The van der Waals surface area contributed by atoms with Crippen LogP contribution in [0.3, 0.4) is 0 Å². The number of carbonyl (C=O) groups is 1. The fourth-order valence-corrected chi connectivity index (χ4v) is 1.34. The molecule has 0 bridgehead atoms. The summed E-state index contributed by atoms with van der Waals surface area (Å²) < 4.78 is 5.09. The van der Waals surface area contributed by atoms with Crippen LogP contribution < -0.4 is 5.32 Å². The third kappa shape index (κ3) is 1.96. The SMILES string of the molecule is Cc1oc(C(=O)O)cc1CNC1CC1. The summed E-state index contributed by atoms with van der Waals surface area (Å²) in [6.45, 7) is 2.49. The van der Waals surface area contributed by atoms with Crippen LogP contribution in [0.4, 0.5) is 0 Å². The van der Waals surface area contributed by atoms with Crippen LogP contribution in [0.25, 0.3) is 0 Å². The van der Waals surface area contributed by atoms with Gasteiger partial charge >= 0.3 is 5.97 Å². The normalized spacial score (nSPS) is 15.8. The number of aryl methyl sites for hydroxylation is 1. The second kappa shape index (κ2) is 3.46. The van der Waals surface area contributed by atoms with E-state index in [-0.39, 0.29) is 5.76 Å².